The fraction of sp³-hybridized carbons (Fsp3) is 0.656. The molecule has 0 bridgehead atoms. The van der Waals surface area contributed by atoms with E-state index in [0.717, 1.165) is 70.6 Å². The third-order valence-electron chi connectivity index (χ3n) is 11.4. The first-order valence-electron chi connectivity index (χ1n) is 27.5. The van der Waals surface area contributed by atoms with Crippen LogP contribution in [0.4, 0.5) is 0 Å². The lowest BCUT2D eigenvalue weighted by atomic mass is 10.1. The number of carbonyl (C=O) groups excluding carboxylic acids is 3. The molecule has 0 saturated heterocycles. The molecule has 380 valence electrons. The standard InChI is InChI=1S/C61H100O6/c1-4-7-10-13-16-19-22-25-27-29-30-32-33-36-39-42-45-48-51-54-60(63)66-57-58(56-65-59(62)53-50-47-44-41-38-35-24-21-18-15-12-9-6-3)67-61(64)55-52-49-46-43-40-37-34-31-28-26-23-20-17-14-11-8-5-2/h9,12,15-16,18-19,21-22,24-26,28,34-35,37-38,43,46,58H,4-8,10-11,13-14,17,20,23,27,29-33,36,39-42,44-45,47-57H2,1-3H3/b12-9-,18-15-,19-16-,24-21-,25-22-,28-26-,37-34-,38-35-,46-43-. The van der Waals surface area contributed by atoms with Crippen LogP contribution in [0.1, 0.15) is 239 Å². The van der Waals surface area contributed by atoms with Crippen LogP contribution in [0.3, 0.4) is 0 Å². The Balaban J connectivity index is 4.50. The highest BCUT2D eigenvalue weighted by Crippen LogP contribution is 2.14. The SMILES string of the molecule is CC\C=C/C=C\C=C/C=C\CCCCCC(=O)OCC(COC(=O)CCCCCCCCCCCC/C=C\C=C/CCCCC)OC(=O)CCC/C=C\C/C=C\C/C=C\CCCCCCCC. The van der Waals surface area contributed by atoms with Gasteiger partial charge in [-0.3, -0.25) is 14.4 Å². The van der Waals surface area contributed by atoms with Crippen LogP contribution in [0.25, 0.3) is 0 Å². The second-order valence-corrected chi connectivity index (χ2v) is 17.9. The van der Waals surface area contributed by atoms with Gasteiger partial charge in [-0.1, -0.05) is 233 Å². The summed E-state index contributed by atoms with van der Waals surface area (Å²) in [5, 5.41) is 0. The van der Waals surface area contributed by atoms with Gasteiger partial charge >= 0.3 is 17.9 Å². The Labute approximate surface area is 412 Å². The molecule has 0 amide bonds. The fourth-order valence-electron chi connectivity index (χ4n) is 7.22. The van der Waals surface area contributed by atoms with Crippen molar-refractivity contribution in [2.24, 2.45) is 0 Å². The van der Waals surface area contributed by atoms with Crippen molar-refractivity contribution in [1.82, 2.24) is 0 Å². The van der Waals surface area contributed by atoms with Gasteiger partial charge in [-0.15, -0.1) is 0 Å². The molecule has 0 aliphatic rings. The first-order chi connectivity index (χ1) is 33.0. The van der Waals surface area contributed by atoms with E-state index in [1.165, 1.54) is 122 Å². The minimum absolute atomic E-state index is 0.114. The number of allylic oxidation sites excluding steroid dienone is 18. The zero-order chi connectivity index (χ0) is 48.6. The maximum atomic E-state index is 12.8. The average Bonchev–Trinajstić information content (AvgIpc) is 3.33. The van der Waals surface area contributed by atoms with Gasteiger partial charge in [0.05, 0.1) is 0 Å². The van der Waals surface area contributed by atoms with E-state index in [1.54, 1.807) is 0 Å². The summed E-state index contributed by atoms with van der Waals surface area (Å²) in [5.74, 6) is -1.01. The van der Waals surface area contributed by atoms with Crippen LogP contribution in [0, 0.1) is 0 Å². The molecule has 0 rings (SSSR count). The van der Waals surface area contributed by atoms with E-state index in [9.17, 15) is 14.4 Å². The van der Waals surface area contributed by atoms with Crippen LogP contribution in [0.15, 0.2) is 109 Å². The molecule has 0 spiro atoms. The molecule has 0 N–H and O–H groups in total. The second kappa shape index (κ2) is 54.7. The minimum atomic E-state index is -0.824. The monoisotopic (exact) mass is 929 g/mol. The molecule has 0 radical (unpaired) electrons. The summed E-state index contributed by atoms with van der Waals surface area (Å²) in [4.78, 5) is 38.0. The summed E-state index contributed by atoms with van der Waals surface area (Å²) >= 11 is 0. The van der Waals surface area contributed by atoms with Crippen molar-refractivity contribution in [1.29, 1.82) is 0 Å². The lowest BCUT2D eigenvalue weighted by Gasteiger charge is -2.18. The molecule has 6 heteroatoms. The number of hydrogen-bond donors (Lipinski definition) is 0. The van der Waals surface area contributed by atoms with Crippen LogP contribution in [-0.2, 0) is 28.6 Å². The smallest absolute Gasteiger partial charge is 0.306 e. The molecule has 1 unspecified atom stereocenters. The third kappa shape index (κ3) is 52.9. The number of ether oxygens (including phenoxy) is 3. The molecule has 0 heterocycles. The maximum Gasteiger partial charge on any atom is 0.306 e. The van der Waals surface area contributed by atoms with E-state index in [1.807, 2.05) is 36.5 Å². The third-order valence-corrected chi connectivity index (χ3v) is 11.4. The van der Waals surface area contributed by atoms with E-state index in [2.05, 4.69) is 93.7 Å². The Morgan fingerprint density at radius 1 is 0.328 bits per heavy atom. The van der Waals surface area contributed by atoms with Gasteiger partial charge in [0.15, 0.2) is 6.10 Å². The first-order valence-corrected chi connectivity index (χ1v) is 27.5. The highest BCUT2D eigenvalue weighted by atomic mass is 16.6. The molecule has 0 aliphatic heterocycles. The van der Waals surface area contributed by atoms with Gasteiger partial charge in [-0.25, -0.2) is 0 Å². The molecule has 6 nitrogen and oxygen atoms in total. The largest absolute Gasteiger partial charge is 0.462 e. The lowest BCUT2D eigenvalue weighted by Crippen LogP contribution is -2.30. The van der Waals surface area contributed by atoms with Crippen LogP contribution >= 0.6 is 0 Å². The number of unbranched alkanes of at least 4 members (excludes halogenated alkanes) is 23. The minimum Gasteiger partial charge on any atom is -0.462 e. The molecular formula is C61H100O6. The highest BCUT2D eigenvalue weighted by Gasteiger charge is 2.19. The summed E-state index contributed by atoms with van der Waals surface area (Å²) < 4.78 is 16.7. The molecule has 67 heavy (non-hydrogen) atoms. The molecule has 0 aromatic rings. The Kier molecular flexibility index (Phi) is 51.5. The average molecular weight is 929 g/mol. The van der Waals surface area contributed by atoms with Crippen molar-refractivity contribution in [3.8, 4) is 0 Å². The van der Waals surface area contributed by atoms with Gasteiger partial charge in [0.25, 0.3) is 0 Å². The molecular weight excluding hydrogens is 829 g/mol. The van der Waals surface area contributed by atoms with E-state index in [4.69, 9.17) is 14.2 Å². The summed E-state index contributed by atoms with van der Waals surface area (Å²) in [6.45, 7) is 6.38. The first kappa shape index (κ1) is 63.1. The van der Waals surface area contributed by atoms with Crippen molar-refractivity contribution in [3.05, 3.63) is 109 Å². The molecule has 0 aromatic carbocycles. The molecule has 0 saturated carbocycles. The quantitative estimate of drug-likeness (QED) is 0.0199. The Bertz CT molecular complexity index is 1390. The lowest BCUT2D eigenvalue weighted by molar-refractivity contribution is -0.167. The van der Waals surface area contributed by atoms with E-state index in [0.29, 0.717) is 19.3 Å². The summed E-state index contributed by atoms with van der Waals surface area (Å²) in [6, 6.07) is 0. The number of hydrogen-bond acceptors (Lipinski definition) is 6. The Morgan fingerprint density at radius 3 is 1.15 bits per heavy atom. The van der Waals surface area contributed by atoms with Gasteiger partial charge in [0, 0.05) is 19.3 Å². The van der Waals surface area contributed by atoms with Crippen LogP contribution in [0.2, 0.25) is 0 Å². The molecule has 0 aliphatic carbocycles. The summed E-state index contributed by atoms with van der Waals surface area (Å²) in [7, 11) is 0. The number of esters is 3. The predicted molar refractivity (Wildman–Crippen MR) is 288 cm³/mol. The van der Waals surface area contributed by atoms with Crippen molar-refractivity contribution < 1.29 is 28.6 Å². The van der Waals surface area contributed by atoms with Gasteiger partial charge in [0.2, 0.25) is 0 Å². The van der Waals surface area contributed by atoms with E-state index < -0.39 is 6.10 Å². The number of carbonyl (C=O) groups is 3. The van der Waals surface area contributed by atoms with Crippen molar-refractivity contribution in [3.63, 3.8) is 0 Å². The van der Waals surface area contributed by atoms with Crippen LogP contribution < -0.4 is 0 Å². The molecule has 0 aromatic heterocycles. The summed E-state index contributed by atoms with van der Waals surface area (Å²) in [5.41, 5.74) is 0. The topological polar surface area (TPSA) is 78.9 Å². The normalized spacial score (nSPS) is 12.9. The van der Waals surface area contributed by atoms with Crippen LogP contribution in [0.5, 0.6) is 0 Å². The van der Waals surface area contributed by atoms with E-state index >= 15 is 0 Å². The highest BCUT2D eigenvalue weighted by molar-refractivity contribution is 5.71. The van der Waals surface area contributed by atoms with Gasteiger partial charge in [0.1, 0.15) is 13.2 Å². The van der Waals surface area contributed by atoms with Crippen molar-refractivity contribution in [2.75, 3.05) is 13.2 Å². The second-order valence-electron chi connectivity index (χ2n) is 17.9. The Hall–Kier alpha value is -3.93. The zero-order valence-electron chi connectivity index (χ0n) is 43.4. The molecule has 0 fully saturated rings. The summed E-state index contributed by atoms with van der Waals surface area (Å²) in [6.07, 6.45) is 73.7. The van der Waals surface area contributed by atoms with Gasteiger partial charge in [-0.2, -0.15) is 0 Å². The van der Waals surface area contributed by atoms with Gasteiger partial charge in [-0.05, 0) is 96.3 Å². The predicted octanol–water partition coefficient (Wildman–Crippen LogP) is 18.3. The maximum absolute atomic E-state index is 12.8. The van der Waals surface area contributed by atoms with Gasteiger partial charge < -0.3 is 14.2 Å². The number of rotatable bonds is 48. The molecule has 1 atom stereocenters. The van der Waals surface area contributed by atoms with Crippen LogP contribution in [-0.4, -0.2) is 37.2 Å². The zero-order valence-corrected chi connectivity index (χ0v) is 43.4. The van der Waals surface area contributed by atoms with E-state index in [-0.39, 0.29) is 37.5 Å². The fourth-order valence-corrected chi connectivity index (χ4v) is 7.22. The van der Waals surface area contributed by atoms with Crippen molar-refractivity contribution in [2.45, 2.75) is 245 Å². The Morgan fingerprint density at radius 2 is 0.657 bits per heavy atom. The van der Waals surface area contributed by atoms with Crippen molar-refractivity contribution >= 4 is 17.9 Å².